The quantitative estimate of drug-likeness (QED) is 0.606. The Morgan fingerprint density at radius 1 is 0.882 bits per heavy atom. The zero-order valence-electron chi connectivity index (χ0n) is 9.10. The van der Waals surface area contributed by atoms with Crippen LogP contribution in [-0.2, 0) is 0 Å². The van der Waals surface area contributed by atoms with Crippen molar-refractivity contribution in [3.8, 4) is 11.1 Å². The van der Waals surface area contributed by atoms with Gasteiger partial charge in [-0.25, -0.2) is 4.39 Å². The van der Waals surface area contributed by atoms with Crippen LogP contribution < -0.4 is 0 Å². The molecule has 1 nitrogen and oxygen atoms in total. The van der Waals surface area contributed by atoms with E-state index in [1.165, 1.54) is 6.07 Å². The highest BCUT2D eigenvalue weighted by molar-refractivity contribution is 5.96. The van der Waals surface area contributed by atoms with Crippen LogP contribution in [0.2, 0.25) is 0 Å². The van der Waals surface area contributed by atoms with Crippen molar-refractivity contribution in [2.75, 3.05) is 0 Å². The minimum Gasteiger partial charge on any atom is -0.264 e. The molecule has 0 atom stereocenters. The van der Waals surface area contributed by atoms with Gasteiger partial charge >= 0.3 is 0 Å². The number of halogens is 1. The minimum atomic E-state index is -0.193. The van der Waals surface area contributed by atoms with Gasteiger partial charge in [0.2, 0.25) is 0 Å². The van der Waals surface area contributed by atoms with E-state index in [0.717, 1.165) is 16.5 Å². The summed E-state index contributed by atoms with van der Waals surface area (Å²) >= 11 is 0. The van der Waals surface area contributed by atoms with Crippen molar-refractivity contribution in [1.29, 1.82) is 0 Å². The van der Waals surface area contributed by atoms with Gasteiger partial charge in [0, 0.05) is 23.3 Å². The van der Waals surface area contributed by atoms with E-state index < -0.39 is 0 Å². The van der Waals surface area contributed by atoms with Crippen LogP contribution in [0, 0.1) is 5.82 Å². The maximum Gasteiger partial charge on any atom is 0.131 e. The number of fused-ring (bicyclic) bond motifs is 1. The maximum atomic E-state index is 13.9. The average Bonchev–Trinajstić information content (AvgIpc) is 2.39. The maximum absolute atomic E-state index is 13.9. The third-order valence-corrected chi connectivity index (χ3v) is 2.83. The van der Waals surface area contributed by atoms with Crippen molar-refractivity contribution in [2.45, 2.75) is 0 Å². The molecule has 0 radical (unpaired) electrons. The van der Waals surface area contributed by atoms with Gasteiger partial charge in [0.25, 0.3) is 0 Å². The monoisotopic (exact) mass is 223 g/mol. The molecule has 2 aromatic carbocycles. The Bertz CT molecular complexity index is 657. The van der Waals surface area contributed by atoms with Gasteiger partial charge in [-0.15, -0.1) is 0 Å². The molecule has 0 fully saturated rings. The van der Waals surface area contributed by atoms with Gasteiger partial charge in [-0.3, -0.25) is 4.98 Å². The zero-order chi connectivity index (χ0) is 11.7. The second kappa shape index (κ2) is 3.98. The van der Waals surface area contributed by atoms with E-state index in [-0.39, 0.29) is 5.82 Å². The highest BCUT2D eigenvalue weighted by Crippen LogP contribution is 2.29. The summed E-state index contributed by atoms with van der Waals surface area (Å²) in [7, 11) is 0. The van der Waals surface area contributed by atoms with Gasteiger partial charge in [0.15, 0.2) is 0 Å². The molecule has 0 N–H and O–H groups in total. The number of benzene rings is 2. The lowest BCUT2D eigenvalue weighted by Crippen LogP contribution is -1.85. The first-order chi connectivity index (χ1) is 8.36. The Balaban J connectivity index is 2.38. The molecular formula is C15H10FN. The number of hydrogen-bond donors (Lipinski definition) is 0. The van der Waals surface area contributed by atoms with Crippen LogP contribution in [-0.4, -0.2) is 4.98 Å². The summed E-state index contributed by atoms with van der Waals surface area (Å²) < 4.78 is 13.9. The van der Waals surface area contributed by atoms with E-state index in [1.807, 2.05) is 36.4 Å². The molecule has 0 spiro atoms. The third-order valence-electron chi connectivity index (χ3n) is 2.83. The molecule has 17 heavy (non-hydrogen) atoms. The van der Waals surface area contributed by atoms with E-state index in [0.29, 0.717) is 5.39 Å². The van der Waals surface area contributed by atoms with Crippen LogP contribution in [0.4, 0.5) is 4.39 Å². The first-order valence-electron chi connectivity index (χ1n) is 5.44. The molecule has 0 bridgehead atoms. The van der Waals surface area contributed by atoms with Crippen LogP contribution in [0.1, 0.15) is 0 Å². The van der Waals surface area contributed by atoms with E-state index in [2.05, 4.69) is 4.98 Å². The molecule has 0 amide bonds. The van der Waals surface area contributed by atoms with Crippen molar-refractivity contribution >= 4 is 10.8 Å². The van der Waals surface area contributed by atoms with E-state index in [4.69, 9.17) is 0 Å². The predicted octanol–water partition coefficient (Wildman–Crippen LogP) is 4.04. The largest absolute Gasteiger partial charge is 0.264 e. The number of nitrogens with zero attached hydrogens (tertiary/aromatic N) is 1. The highest BCUT2D eigenvalue weighted by Gasteiger charge is 2.07. The van der Waals surface area contributed by atoms with Crippen molar-refractivity contribution in [3.63, 3.8) is 0 Å². The fraction of sp³-hybridized carbons (Fsp3) is 0. The normalized spacial score (nSPS) is 10.6. The molecule has 2 heteroatoms. The highest BCUT2D eigenvalue weighted by atomic mass is 19.1. The topological polar surface area (TPSA) is 12.9 Å². The van der Waals surface area contributed by atoms with E-state index in [9.17, 15) is 4.39 Å². The SMILES string of the molecule is Fc1cccc2cccc(-c3cccnc3)c12. The van der Waals surface area contributed by atoms with Crippen LogP contribution in [0.5, 0.6) is 0 Å². The average molecular weight is 223 g/mol. The van der Waals surface area contributed by atoms with Gasteiger partial charge in [-0.2, -0.15) is 0 Å². The molecule has 0 aliphatic carbocycles. The lowest BCUT2D eigenvalue weighted by molar-refractivity contribution is 0.640. The number of aromatic nitrogens is 1. The fourth-order valence-electron chi connectivity index (χ4n) is 2.06. The molecule has 0 saturated heterocycles. The smallest absolute Gasteiger partial charge is 0.131 e. The van der Waals surface area contributed by atoms with E-state index >= 15 is 0 Å². The molecule has 82 valence electrons. The summed E-state index contributed by atoms with van der Waals surface area (Å²) in [6.07, 6.45) is 3.46. The summed E-state index contributed by atoms with van der Waals surface area (Å²) in [5.41, 5.74) is 1.82. The summed E-state index contributed by atoms with van der Waals surface area (Å²) in [5, 5.41) is 1.56. The number of rotatable bonds is 1. The molecule has 1 aromatic heterocycles. The minimum absolute atomic E-state index is 0.193. The molecular weight excluding hydrogens is 213 g/mol. The van der Waals surface area contributed by atoms with Crippen LogP contribution in [0.15, 0.2) is 60.9 Å². The molecule has 0 unspecified atom stereocenters. The number of pyridine rings is 1. The molecule has 1 heterocycles. The van der Waals surface area contributed by atoms with Crippen molar-refractivity contribution in [2.24, 2.45) is 0 Å². The Morgan fingerprint density at radius 3 is 2.47 bits per heavy atom. The molecule has 0 aliphatic rings. The second-order valence-electron chi connectivity index (χ2n) is 3.89. The zero-order valence-corrected chi connectivity index (χ0v) is 9.10. The van der Waals surface area contributed by atoms with Gasteiger partial charge in [-0.05, 0) is 23.1 Å². The summed E-state index contributed by atoms with van der Waals surface area (Å²) in [5.74, 6) is -0.193. The first-order valence-corrected chi connectivity index (χ1v) is 5.44. The first kappa shape index (κ1) is 9.97. The van der Waals surface area contributed by atoms with Crippen LogP contribution >= 0.6 is 0 Å². The third kappa shape index (κ3) is 1.68. The Hall–Kier alpha value is -2.22. The van der Waals surface area contributed by atoms with Gasteiger partial charge < -0.3 is 0 Å². The Kier molecular flexibility index (Phi) is 2.33. The Labute approximate surface area is 98.6 Å². The van der Waals surface area contributed by atoms with Crippen molar-refractivity contribution < 1.29 is 4.39 Å². The standard InChI is InChI=1S/C15H10FN/c16-14-8-2-5-11-4-1-7-13(15(11)14)12-6-3-9-17-10-12/h1-10H. The van der Waals surface area contributed by atoms with E-state index in [1.54, 1.807) is 18.5 Å². The summed E-state index contributed by atoms with van der Waals surface area (Å²) in [6.45, 7) is 0. The second-order valence-corrected chi connectivity index (χ2v) is 3.89. The molecule has 3 aromatic rings. The lowest BCUT2D eigenvalue weighted by Gasteiger charge is -2.07. The molecule has 3 rings (SSSR count). The van der Waals surface area contributed by atoms with Crippen LogP contribution in [0.25, 0.3) is 21.9 Å². The van der Waals surface area contributed by atoms with Gasteiger partial charge in [-0.1, -0.05) is 36.4 Å². The van der Waals surface area contributed by atoms with Gasteiger partial charge in [0.05, 0.1) is 0 Å². The van der Waals surface area contributed by atoms with Crippen molar-refractivity contribution in [1.82, 2.24) is 4.98 Å². The van der Waals surface area contributed by atoms with Gasteiger partial charge in [0.1, 0.15) is 5.82 Å². The molecule has 0 aliphatic heterocycles. The fourth-order valence-corrected chi connectivity index (χ4v) is 2.06. The number of hydrogen-bond acceptors (Lipinski definition) is 1. The predicted molar refractivity (Wildman–Crippen MR) is 67.1 cm³/mol. The van der Waals surface area contributed by atoms with Crippen LogP contribution in [0.3, 0.4) is 0 Å². The summed E-state index contributed by atoms with van der Waals surface area (Å²) in [6, 6.07) is 14.7. The summed E-state index contributed by atoms with van der Waals surface area (Å²) in [4.78, 5) is 4.08. The Morgan fingerprint density at radius 2 is 1.71 bits per heavy atom. The lowest BCUT2D eigenvalue weighted by atomic mass is 9.99. The van der Waals surface area contributed by atoms with Crippen molar-refractivity contribution in [3.05, 3.63) is 66.7 Å². The molecule has 0 saturated carbocycles.